The van der Waals surface area contributed by atoms with Gasteiger partial charge in [0.15, 0.2) is 0 Å². The molecule has 0 aliphatic carbocycles. The second-order valence-corrected chi connectivity index (χ2v) is 5.67. The number of ketones is 1. The Morgan fingerprint density at radius 2 is 2.05 bits per heavy atom. The van der Waals surface area contributed by atoms with Crippen LogP contribution in [0.15, 0.2) is 52.3 Å². The third-order valence-electron chi connectivity index (χ3n) is 3.18. The second kappa shape index (κ2) is 5.66. The summed E-state index contributed by atoms with van der Waals surface area (Å²) in [6, 6.07) is 12.5. The van der Waals surface area contributed by atoms with Crippen molar-refractivity contribution in [2.24, 2.45) is 0 Å². The van der Waals surface area contributed by atoms with Gasteiger partial charge in [-0.05, 0) is 37.3 Å². The minimum absolute atomic E-state index is 0.0127. The number of aromatic hydroxyl groups is 1. The zero-order chi connectivity index (χ0) is 14.8. The molecule has 1 aliphatic rings. The standard InChI is InChI=1S/C17H14O3S/c1-2-20-12-7-8-13-15(10-12)21-16(17(13)19)9-11-5-3-4-6-14(11)18/h3-10,18H,2H2,1H3/b16-9+. The quantitative estimate of drug-likeness (QED) is 0.866. The smallest absolute Gasteiger partial charge is 0.200 e. The molecule has 3 nitrogen and oxygen atoms in total. The Hall–Kier alpha value is -2.20. The molecule has 0 amide bonds. The van der Waals surface area contributed by atoms with E-state index >= 15 is 0 Å². The van der Waals surface area contributed by atoms with Crippen LogP contribution in [0.1, 0.15) is 22.8 Å². The lowest BCUT2D eigenvalue weighted by molar-refractivity contribution is 0.104. The van der Waals surface area contributed by atoms with Crippen molar-refractivity contribution in [3.8, 4) is 11.5 Å². The van der Waals surface area contributed by atoms with Crippen LogP contribution in [0.25, 0.3) is 6.08 Å². The van der Waals surface area contributed by atoms with Gasteiger partial charge in [0.1, 0.15) is 11.5 Å². The number of hydrogen-bond acceptors (Lipinski definition) is 4. The van der Waals surface area contributed by atoms with E-state index in [9.17, 15) is 9.90 Å². The molecule has 1 aliphatic heterocycles. The summed E-state index contributed by atoms with van der Waals surface area (Å²) in [5, 5.41) is 9.80. The zero-order valence-corrected chi connectivity index (χ0v) is 12.3. The highest BCUT2D eigenvalue weighted by Gasteiger charge is 2.26. The lowest BCUT2D eigenvalue weighted by Gasteiger charge is -2.03. The second-order valence-electron chi connectivity index (χ2n) is 4.59. The van der Waals surface area contributed by atoms with E-state index in [1.54, 1.807) is 30.3 Å². The maximum atomic E-state index is 12.4. The number of Topliss-reactive ketones (excluding diaryl/α,β-unsaturated/α-hetero) is 1. The molecular weight excluding hydrogens is 284 g/mol. The van der Waals surface area contributed by atoms with Crippen molar-refractivity contribution < 1.29 is 14.6 Å². The Labute approximate surface area is 127 Å². The number of phenols is 1. The molecule has 0 saturated heterocycles. The van der Waals surface area contributed by atoms with Gasteiger partial charge in [0, 0.05) is 16.0 Å². The first-order valence-electron chi connectivity index (χ1n) is 6.68. The first kappa shape index (κ1) is 13.8. The molecule has 0 radical (unpaired) electrons. The highest BCUT2D eigenvalue weighted by molar-refractivity contribution is 8.04. The predicted molar refractivity (Wildman–Crippen MR) is 83.9 cm³/mol. The highest BCUT2D eigenvalue weighted by atomic mass is 32.2. The molecule has 0 atom stereocenters. The largest absolute Gasteiger partial charge is 0.507 e. The molecule has 0 aromatic heterocycles. The first-order valence-corrected chi connectivity index (χ1v) is 7.50. The molecule has 0 fully saturated rings. The van der Waals surface area contributed by atoms with Crippen LogP contribution in [0.5, 0.6) is 11.5 Å². The molecule has 1 N–H and O–H groups in total. The lowest BCUT2D eigenvalue weighted by Crippen LogP contribution is -1.95. The summed E-state index contributed by atoms with van der Waals surface area (Å²) < 4.78 is 5.45. The lowest BCUT2D eigenvalue weighted by atomic mass is 10.1. The predicted octanol–water partition coefficient (Wildman–Crippen LogP) is 4.12. The van der Waals surface area contributed by atoms with Crippen molar-refractivity contribution in [2.75, 3.05) is 6.61 Å². The number of phenolic OH excluding ortho intramolecular Hbond substituents is 1. The molecule has 4 heteroatoms. The van der Waals surface area contributed by atoms with E-state index in [1.165, 1.54) is 11.8 Å². The van der Waals surface area contributed by atoms with Crippen molar-refractivity contribution in [2.45, 2.75) is 11.8 Å². The van der Waals surface area contributed by atoms with Gasteiger partial charge in [0.2, 0.25) is 5.78 Å². The van der Waals surface area contributed by atoms with Crippen LogP contribution in [0.3, 0.4) is 0 Å². The Kier molecular flexibility index (Phi) is 3.71. The minimum atomic E-state index is -0.0127. The fourth-order valence-electron chi connectivity index (χ4n) is 2.17. The normalized spacial score (nSPS) is 15.3. The molecule has 2 aromatic rings. The van der Waals surface area contributed by atoms with Gasteiger partial charge in [0.05, 0.1) is 11.5 Å². The summed E-state index contributed by atoms with van der Waals surface area (Å²) in [7, 11) is 0. The molecule has 106 valence electrons. The van der Waals surface area contributed by atoms with Crippen LogP contribution >= 0.6 is 11.8 Å². The van der Waals surface area contributed by atoms with Gasteiger partial charge in [-0.2, -0.15) is 0 Å². The van der Waals surface area contributed by atoms with Crippen LogP contribution < -0.4 is 4.74 Å². The number of fused-ring (bicyclic) bond motifs is 1. The molecule has 1 heterocycles. The average molecular weight is 298 g/mol. The van der Waals surface area contributed by atoms with E-state index in [0.29, 0.717) is 22.6 Å². The third kappa shape index (κ3) is 2.67. The van der Waals surface area contributed by atoms with E-state index in [-0.39, 0.29) is 11.5 Å². The van der Waals surface area contributed by atoms with Crippen LogP contribution in [0.2, 0.25) is 0 Å². The molecular formula is C17H14O3S. The number of allylic oxidation sites excluding steroid dienone is 1. The zero-order valence-electron chi connectivity index (χ0n) is 11.5. The van der Waals surface area contributed by atoms with E-state index in [2.05, 4.69) is 0 Å². The SMILES string of the molecule is CCOc1ccc2c(c1)S/C(=C/c1ccccc1O)C2=O. The van der Waals surface area contributed by atoms with Gasteiger partial charge >= 0.3 is 0 Å². The summed E-state index contributed by atoms with van der Waals surface area (Å²) in [6.07, 6.45) is 1.72. The van der Waals surface area contributed by atoms with Crippen LogP contribution in [-0.4, -0.2) is 17.5 Å². The number of carbonyl (C=O) groups excluding carboxylic acids is 1. The summed E-state index contributed by atoms with van der Waals surface area (Å²) in [5.74, 6) is 0.922. The van der Waals surface area contributed by atoms with Gasteiger partial charge in [-0.15, -0.1) is 0 Å². The van der Waals surface area contributed by atoms with Crippen molar-refractivity contribution in [3.63, 3.8) is 0 Å². The maximum absolute atomic E-state index is 12.4. The van der Waals surface area contributed by atoms with E-state index < -0.39 is 0 Å². The summed E-state index contributed by atoms with van der Waals surface area (Å²) >= 11 is 1.41. The van der Waals surface area contributed by atoms with Gasteiger partial charge in [-0.25, -0.2) is 0 Å². The Morgan fingerprint density at radius 1 is 1.24 bits per heavy atom. The Balaban J connectivity index is 1.95. The van der Waals surface area contributed by atoms with Gasteiger partial charge < -0.3 is 9.84 Å². The van der Waals surface area contributed by atoms with E-state index in [1.807, 2.05) is 25.1 Å². The van der Waals surface area contributed by atoms with Crippen molar-refractivity contribution in [3.05, 3.63) is 58.5 Å². The fraction of sp³-hybridized carbons (Fsp3) is 0.118. The number of ether oxygens (including phenoxy) is 1. The number of carbonyl (C=O) groups is 1. The van der Waals surface area contributed by atoms with E-state index in [0.717, 1.165) is 10.6 Å². The Morgan fingerprint density at radius 3 is 2.81 bits per heavy atom. The maximum Gasteiger partial charge on any atom is 0.200 e. The topological polar surface area (TPSA) is 46.5 Å². The van der Waals surface area contributed by atoms with Crippen molar-refractivity contribution in [1.82, 2.24) is 0 Å². The molecule has 2 aromatic carbocycles. The van der Waals surface area contributed by atoms with Gasteiger partial charge in [0.25, 0.3) is 0 Å². The summed E-state index contributed by atoms with van der Waals surface area (Å²) in [6.45, 7) is 2.52. The van der Waals surface area contributed by atoms with E-state index in [4.69, 9.17) is 4.74 Å². The number of benzene rings is 2. The molecule has 0 bridgehead atoms. The summed E-state index contributed by atoms with van der Waals surface area (Å²) in [5.41, 5.74) is 1.33. The number of rotatable bonds is 3. The van der Waals surface area contributed by atoms with Gasteiger partial charge in [-0.1, -0.05) is 30.0 Å². The van der Waals surface area contributed by atoms with Crippen molar-refractivity contribution >= 4 is 23.6 Å². The Bertz CT molecular complexity index is 735. The number of thioether (sulfide) groups is 1. The monoisotopic (exact) mass is 298 g/mol. The van der Waals surface area contributed by atoms with Crippen LogP contribution in [0, 0.1) is 0 Å². The van der Waals surface area contributed by atoms with Crippen molar-refractivity contribution in [1.29, 1.82) is 0 Å². The van der Waals surface area contributed by atoms with Crippen LogP contribution in [-0.2, 0) is 0 Å². The first-order chi connectivity index (χ1) is 10.2. The molecule has 0 saturated carbocycles. The summed E-state index contributed by atoms with van der Waals surface area (Å²) in [4.78, 5) is 13.9. The molecule has 0 spiro atoms. The molecule has 21 heavy (non-hydrogen) atoms. The minimum Gasteiger partial charge on any atom is -0.507 e. The number of hydrogen-bond donors (Lipinski definition) is 1. The third-order valence-corrected chi connectivity index (χ3v) is 4.26. The molecule has 3 rings (SSSR count). The highest BCUT2D eigenvalue weighted by Crippen LogP contribution is 2.42. The molecule has 0 unspecified atom stereocenters. The van der Waals surface area contributed by atoms with Gasteiger partial charge in [-0.3, -0.25) is 4.79 Å². The average Bonchev–Trinajstić information content (AvgIpc) is 2.78. The number of para-hydroxylation sites is 1. The fourth-order valence-corrected chi connectivity index (χ4v) is 3.25. The van der Waals surface area contributed by atoms with Crippen LogP contribution in [0.4, 0.5) is 0 Å².